The van der Waals surface area contributed by atoms with E-state index in [1.165, 1.54) is 12.1 Å². The van der Waals surface area contributed by atoms with E-state index in [9.17, 15) is 18.3 Å². The minimum atomic E-state index is -3.97. The molecule has 8 heteroatoms. The Hall–Kier alpha value is -2.35. The molecule has 0 unspecified atom stereocenters. The van der Waals surface area contributed by atoms with Crippen LogP contribution in [0.25, 0.3) is 0 Å². The van der Waals surface area contributed by atoms with Crippen molar-refractivity contribution in [3.8, 4) is 0 Å². The Balaban J connectivity index is 2.58. The molecule has 0 aliphatic heterocycles. The Labute approximate surface area is 154 Å². The maximum atomic E-state index is 13.0. The van der Waals surface area contributed by atoms with Crippen LogP contribution in [0, 0.1) is 13.8 Å². The summed E-state index contributed by atoms with van der Waals surface area (Å²) in [6.45, 7) is 11.2. The number of nitrogens with zero attached hydrogens (tertiary/aromatic N) is 2. The Morgan fingerprint density at radius 3 is 2.27 bits per heavy atom. The quantitative estimate of drug-likeness (QED) is 0.797. The SMILES string of the molecule is Cc1nn(C(C)C)c(C)c1NS(=O)(=O)c1cc(C(=O)O)ccc1C(C)C. The van der Waals surface area contributed by atoms with Crippen LogP contribution in [0.15, 0.2) is 23.1 Å². The van der Waals surface area contributed by atoms with Crippen molar-refractivity contribution in [1.29, 1.82) is 0 Å². The van der Waals surface area contributed by atoms with E-state index in [0.717, 1.165) is 0 Å². The first kappa shape index (κ1) is 20.0. The van der Waals surface area contributed by atoms with E-state index in [4.69, 9.17) is 0 Å². The molecule has 7 nitrogen and oxygen atoms in total. The molecule has 0 aliphatic rings. The number of nitrogens with one attached hydrogen (secondary N) is 1. The number of aromatic carboxylic acids is 1. The third-order valence-electron chi connectivity index (χ3n) is 4.22. The molecular formula is C18H25N3O4S. The highest BCUT2D eigenvalue weighted by molar-refractivity contribution is 7.92. The summed E-state index contributed by atoms with van der Waals surface area (Å²) in [5.41, 5.74) is 2.20. The van der Waals surface area contributed by atoms with E-state index < -0.39 is 16.0 Å². The Kier molecular flexibility index (Phi) is 5.46. The van der Waals surface area contributed by atoms with Crippen LogP contribution in [-0.4, -0.2) is 29.3 Å². The van der Waals surface area contributed by atoms with Gasteiger partial charge in [0.05, 0.1) is 27.5 Å². The van der Waals surface area contributed by atoms with Crippen LogP contribution in [0.4, 0.5) is 5.69 Å². The maximum Gasteiger partial charge on any atom is 0.335 e. The van der Waals surface area contributed by atoms with E-state index in [-0.39, 0.29) is 22.4 Å². The van der Waals surface area contributed by atoms with Crippen molar-refractivity contribution in [1.82, 2.24) is 9.78 Å². The van der Waals surface area contributed by atoms with Crippen molar-refractivity contribution in [3.05, 3.63) is 40.7 Å². The second-order valence-corrected chi connectivity index (χ2v) is 8.55. The van der Waals surface area contributed by atoms with Gasteiger partial charge in [-0.05, 0) is 51.3 Å². The molecule has 1 aromatic carbocycles. The first-order chi connectivity index (χ1) is 12.0. The number of carbonyl (C=O) groups is 1. The van der Waals surface area contributed by atoms with Crippen molar-refractivity contribution >= 4 is 21.7 Å². The van der Waals surface area contributed by atoms with Crippen molar-refractivity contribution in [3.63, 3.8) is 0 Å². The van der Waals surface area contributed by atoms with Gasteiger partial charge in [-0.3, -0.25) is 9.40 Å². The molecular weight excluding hydrogens is 354 g/mol. The standard InChI is InChI=1S/C18H25N3O4S/c1-10(2)15-8-7-14(18(22)23)9-16(15)26(24,25)20-17-12(5)19-21(11(3)4)13(17)6/h7-11,20H,1-6H3,(H,22,23). The second kappa shape index (κ2) is 7.11. The molecule has 0 aliphatic carbocycles. The molecule has 142 valence electrons. The predicted octanol–water partition coefficient (Wildman–Crippen LogP) is 3.70. The third kappa shape index (κ3) is 3.75. The average Bonchev–Trinajstić information content (AvgIpc) is 2.82. The normalized spacial score (nSPS) is 12.0. The number of sulfonamides is 1. The zero-order chi connectivity index (χ0) is 19.8. The Morgan fingerprint density at radius 1 is 1.19 bits per heavy atom. The van der Waals surface area contributed by atoms with E-state index >= 15 is 0 Å². The molecule has 0 atom stereocenters. The number of carboxylic acids is 1. The van der Waals surface area contributed by atoms with Gasteiger partial charge in [-0.15, -0.1) is 0 Å². The first-order valence-electron chi connectivity index (χ1n) is 8.41. The van der Waals surface area contributed by atoms with Gasteiger partial charge in [0.25, 0.3) is 10.0 Å². The average molecular weight is 379 g/mol. The number of rotatable bonds is 6. The second-order valence-electron chi connectivity index (χ2n) is 6.90. The number of anilines is 1. The predicted molar refractivity (Wildman–Crippen MR) is 100 cm³/mol. The number of hydrogen-bond donors (Lipinski definition) is 2. The molecule has 2 N–H and O–H groups in total. The van der Waals surface area contributed by atoms with Gasteiger partial charge in [0.1, 0.15) is 0 Å². The molecule has 0 amide bonds. The minimum Gasteiger partial charge on any atom is -0.478 e. The molecule has 0 radical (unpaired) electrons. The summed E-state index contributed by atoms with van der Waals surface area (Å²) in [5.74, 6) is -1.25. The van der Waals surface area contributed by atoms with Crippen LogP contribution in [-0.2, 0) is 10.0 Å². The molecule has 0 spiro atoms. The fourth-order valence-corrected chi connectivity index (χ4v) is 4.45. The van der Waals surface area contributed by atoms with Gasteiger partial charge in [0.15, 0.2) is 0 Å². The monoisotopic (exact) mass is 379 g/mol. The summed E-state index contributed by atoms with van der Waals surface area (Å²) in [4.78, 5) is 11.3. The lowest BCUT2D eigenvalue weighted by atomic mass is 10.0. The van der Waals surface area contributed by atoms with Crippen LogP contribution in [0.2, 0.25) is 0 Å². The number of carboxylic acid groups (broad SMARTS) is 1. The van der Waals surface area contributed by atoms with Crippen LogP contribution < -0.4 is 4.72 Å². The molecule has 0 bridgehead atoms. The lowest BCUT2D eigenvalue weighted by Crippen LogP contribution is -2.17. The van der Waals surface area contributed by atoms with Crippen molar-refractivity contribution in [2.75, 3.05) is 4.72 Å². The van der Waals surface area contributed by atoms with Gasteiger partial charge in [0.2, 0.25) is 0 Å². The number of benzene rings is 1. The van der Waals surface area contributed by atoms with Gasteiger partial charge in [-0.25, -0.2) is 13.2 Å². The number of aromatic nitrogens is 2. The molecule has 0 fully saturated rings. The summed E-state index contributed by atoms with van der Waals surface area (Å²) < 4.78 is 30.4. The summed E-state index contributed by atoms with van der Waals surface area (Å²) in [7, 11) is -3.97. The third-order valence-corrected chi connectivity index (χ3v) is 5.63. The topological polar surface area (TPSA) is 101 Å². The Bertz CT molecular complexity index is 944. The van der Waals surface area contributed by atoms with E-state index in [0.29, 0.717) is 22.6 Å². The fraction of sp³-hybridized carbons (Fsp3) is 0.444. The van der Waals surface area contributed by atoms with Gasteiger partial charge in [-0.2, -0.15) is 5.10 Å². The fourth-order valence-electron chi connectivity index (χ4n) is 2.88. The summed E-state index contributed by atoms with van der Waals surface area (Å²) >= 11 is 0. The summed E-state index contributed by atoms with van der Waals surface area (Å²) in [6.07, 6.45) is 0. The van der Waals surface area contributed by atoms with Gasteiger partial charge >= 0.3 is 5.97 Å². The van der Waals surface area contributed by atoms with Crippen molar-refractivity contribution in [2.45, 2.75) is 58.4 Å². The molecule has 1 heterocycles. The highest BCUT2D eigenvalue weighted by Crippen LogP contribution is 2.29. The van der Waals surface area contributed by atoms with E-state index in [1.807, 2.05) is 27.7 Å². The zero-order valence-corrected chi connectivity index (χ0v) is 16.7. The lowest BCUT2D eigenvalue weighted by Gasteiger charge is -2.16. The van der Waals surface area contributed by atoms with E-state index in [2.05, 4.69) is 9.82 Å². The molecule has 2 rings (SSSR count). The first-order valence-corrected chi connectivity index (χ1v) is 9.89. The lowest BCUT2D eigenvalue weighted by molar-refractivity contribution is 0.0696. The van der Waals surface area contributed by atoms with Gasteiger partial charge < -0.3 is 5.11 Å². The largest absolute Gasteiger partial charge is 0.478 e. The van der Waals surface area contributed by atoms with Crippen LogP contribution >= 0.6 is 0 Å². The highest BCUT2D eigenvalue weighted by Gasteiger charge is 2.25. The minimum absolute atomic E-state index is 0.0245. The highest BCUT2D eigenvalue weighted by atomic mass is 32.2. The van der Waals surface area contributed by atoms with E-state index in [1.54, 1.807) is 24.6 Å². The summed E-state index contributed by atoms with van der Waals surface area (Å²) in [5, 5.41) is 13.6. The van der Waals surface area contributed by atoms with Gasteiger partial charge in [0, 0.05) is 6.04 Å². The molecule has 26 heavy (non-hydrogen) atoms. The summed E-state index contributed by atoms with van der Waals surface area (Å²) in [6, 6.07) is 4.27. The number of hydrogen-bond acceptors (Lipinski definition) is 4. The number of aryl methyl sites for hydroxylation is 1. The van der Waals surface area contributed by atoms with Crippen LogP contribution in [0.1, 0.15) is 67.0 Å². The zero-order valence-electron chi connectivity index (χ0n) is 15.9. The van der Waals surface area contributed by atoms with Gasteiger partial charge in [-0.1, -0.05) is 19.9 Å². The maximum absolute atomic E-state index is 13.0. The molecule has 0 saturated carbocycles. The molecule has 1 aromatic heterocycles. The molecule has 2 aromatic rings. The van der Waals surface area contributed by atoms with Crippen LogP contribution in [0.3, 0.4) is 0 Å². The Morgan fingerprint density at radius 2 is 1.81 bits per heavy atom. The van der Waals surface area contributed by atoms with Crippen molar-refractivity contribution < 1.29 is 18.3 Å². The molecule has 0 saturated heterocycles. The smallest absolute Gasteiger partial charge is 0.335 e. The van der Waals surface area contributed by atoms with Crippen molar-refractivity contribution in [2.24, 2.45) is 0 Å². The van der Waals surface area contributed by atoms with Crippen LogP contribution in [0.5, 0.6) is 0 Å².